The van der Waals surface area contributed by atoms with Crippen LogP contribution in [0.25, 0.3) is 0 Å². The Morgan fingerprint density at radius 1 is 1.27 bits per heavy atom. The van der Waals surface area contributed by atoms with Crippen LogP contribution in [-0.4, -0.2) is 33.5 Å². The maximum atomic E-state index is 10.6. The van der Waals surface area contributed by atoms with E-state index in [2.05, 4.69) is 17.9 Å². The molecule has 4 heteroatoms. The van der Waals surface area contributed by atoms with Crippen LogP contribution in [0.5, 0.6) is 0 Å². The average molecular weight is 354 g/mol. The molecule has 2 aliphatic carbocycles. The third kappa shape index (κ3) is 4.55. The molecular formula is C22H26O4. The molecule has 4 nitrogen and oxygen atoms in total. The van der Waals surface area contributed by atoms with E-state index in [0.717, 1.165) is 18.4 Å². The van der Waals surface area contributed by atoms with Crippen LogP contribution in [0.1, 0.15) is 37.7 Å². The molecule has 0 saturated heterocycles. The Balaban J connectivity index is 1.59. The number of carboxylic acids is 1. The van der Waals surface area contributed by atoms with Crippen LogP contribution in [0.3, 0.4) is 0 Å². The summed E-state index contributed by atoms with van der Waals surface area (Å²) in [5, 5.41) is 29.3. The molecule has 3 N–H and O–H groups in total. The second-order valence-corrected chi connectivity index (χ2v) is 7.35. The molecule has 2 fully saturated rings. The van der Waals surface area contributed by atoms with Crippen molar-refractivity contribution in [1.29, 1.82) is 0 Å². The largest absolute Gasteiger partial charge is 0.481 e. The fourth-order valence-electron chi connectivity index (χ4n) is 4.17. The predicted octanol–water partition coefficient (Wildman–Crippen LogP) is 2.79. The lowest BCUT2D eigenvalue weighted by atomic mass is 9.57. The highest BCUT2D eigenvalue weighted by Crippen LogP contribution is 2.51. The van der Waals surface area contributed by atoms with Crippen LogP contribution >= 0.6 is 0 Å². The third-order valence-electron chi connectivity index (χ3n) is 5.57. The van der Waals surface area contributed by atoms with Crippen LogP contribution in [0.4, 0.5) is 0 Å². The molecule has 2 aliphatic rings. The fraction of sp³-hybridized carbons (Fsp3) is 0.500. The smallest absolute Gasteiger partial charge is 0.303 e. The van der Waals surface area contributed by atoms with Gasteiger partial charge in [0, 0.05) is 12.8 Å². The van der Waals surface area contributed by atoms with Gasteiger partial charge in [-0.05, 0) is 43.1 Å². The first-order valence-corrected chi connectivity index (χ1v) is 9.36. The Labute approximate surface area is 154 Å². The van der Waals surface area contributed by atoms with Crippen molar-refractivity contribution in [3.63, 3.8) is 0 Å². The van der Waals surface area contributed by atoms with Gasteiger partial charge < -0.3 is 15.3 Å². The topological polar surface area (TPSA) is 77.8 Å². The van der Waals surface area contributed by atoms with Gasteiger partial charge in [-0.2, -0.15) is 0 Å². The van der Waals surface area contributed by atoms with Crippen LogP contribution in [0.2, 0.25) is 0 Å². The van der Waals surface area contributed by atoms with Crippen molar-refractivity contribution in [2.75, 3.05) is 0 Å². The molecule has 0 heterocycles. The molecular weight excluding hydrogens is 328 g/mol. The predicted molar refractivity (Wildman–Crippen MR) is 99.2 cm³/mol. The van der Waals surface area contributed by atoms with E-state index in [-0.39, 0.29) is 12.3 Å². The quantitative estimate of drug-likeness (QED) is 0.561. The van der Waals surface area contributed by atoms with Crippen molar-refractivity contribution in [3.05, 3.63) is 47.5 Å². The molecule has 26 heavy (non-hydrogen) atoms. The van der Waals surface area contributed by atoms with Crippen LogP contribution in [0.15, 0.2) is 42.0 Å². The molecule has 2 saturated carbocycles. The molecule has 0 amide bonds. The zero-order chi connectivity index (χ0) is 18.5. The molecule has 0 bridgehead atoms. The highest BCUT2D eigenvalue weighted by Gasteiger charge is 2.46. The zero-order valence-electron chi connectivity index (χ0n) is 14.8. The highest BCUT2D eigenvalue weighted by atomic mass is 16.4. The fourth-order valence-corrected chi connectivity index (χ4v) is 4.17. The van der Waals surface area contributed by atoms with Crippen LogP contribution in [-0.2, 0) is 11.2 Å². The first kappa shape index (κ1) is 18.7. The number of allylic oxidation sites excluding steroid dienone is 2. The van der Waals surface area contributed by atoms with Gasteiger partial charge in [0.1, 0.15) is 6.10 Å². The molecule has 5 atom stereocenters. The molecule has 1 unspecified atom stereocenters. The van der Waals surface area contributed by atoms with Gasteiger partial charge in [0.25, 0.3) is 0 Å². The molecule has 0 aliphatic heterocycles. The number of aliphatic carboxylic acids is 1. The Kier molecular flexibility index (Phi) is 6.13. The summed E-state index contributed by atoms with van der Waals surface area (Å²) in [6.45, 7) is 0. The minimum absolute atomic E-state index is 0.101. The van der Waals surface area contributed by atoms with Crippen molar-refractivity contribution < 1.29 is 20.1 Å². The third-order valence-corrected chi connectivity index (χ3v) is 5.57. The van der Waals surface area contributed by atoms with E-state index < -0.39 is 18.2 Å². The van der Waals surface area contributed by atoms with E-state index in [0.29, 0.717) is 31.1 Å². The summed E-state index contributed by atoms with van der Waals surface area (Å²) < 4.78 is 0. The Morgan fingerprint density at radius 3 is 2.77 bits per heavy atom. The number of rotatable bonds is 5. The normalized spacial score (nSPS) is 29.8. The van der Waals surface area contributed by atoms with Crippen LogP contribution < -0.4 is 0 Å². The number of carbonyl (C=O) groups is 1. The minimum Gasteiger partial charge on any atom is -0.481 e. The van der Waals surface area contributed by atoms with E-state index in [1.807, 2.05) is 30.3 Å². The number of aliphatic hydroxyl groups excluding tert-OH is 2. The molecule has 3 rings (SSSR count). The van der Waals surface area contributed by atoms with Gasteiger partial charge in [0.2, 0.25) is 0 Å². The standard InChI is InChI=1S/C22H26O4/c23-17(13-15-5-2-1-3-6-15)9-10-19-20-14-16(7-4-8-22(25)26)18(20)11-12-21(19)24/h1-3,5-7,17-21,23-24H,4,8,11-14H2,(H,25,26)/b16-7+/t17?,18-,19-,20+,21-/m0/s1. The first-order chi connectivity index (χ1) is 12.5. The lowest BCUT2D eigenvalue weighted by Gasteiger charge is -2.48. The van der Waals surface area contributed by atoms with E-state index in [9.17, 15) is 15.0 Å². The van der Waals surface area contributed by atoms with Crippen molar-refractivity contribution in [3.8, 4) is 11.8 Å². The van der Waals surface area contributed by atoms with Crippen molar-refractivity contribution in [1.82, 2.24) is 0 Å². The zero-order valence-corrected chi connectivity index (χ0v) is 14.8. The Morgan fingerprint density at radius 2 is 2.04 bits per heavy atom. The van der Waals surface area contributed by atoms with E-state index in [1.165, 1.54) is 5.57 Å². The first-order valence-electron chi connectivity index (χ1n) is 9.36. The maximum Gasteiger partial charge on any atom is 0.303 e. The summed E-state index contributed by atoms with van der Waals surface area (Å²) in [4.78, 5) is 10.6. The van der Waals surface area contributed by atoms with Crippen molar-refractivity contribution in [2.24, 2.45) is 17.8 Å². The van der Waals surface area contributed by atoms with Gasteiger partial charge in [-0.1, -0.05) is 53.8 Å². The second kappa shape index (κ2) is 8.53. The minimum atomic E-state index is -0.770. The summed E-state index contributed by atoms with van der Waals surface area (Å²) >= 11 is 0. The average Bonchev–Trinajstić information content (AvgIpc) is 2.59. The SMILES string of the molecule is O=C(O)CC/C=C1\C[C@H]2[C@H](C#CC(O)Cc3ccccc3)[C@@H](O)CC[C@@H]12. The van der Waals surface area contributed by atoms with E-state index in [1.54, 1.807) is 0 Å². The van der Waals surface area contributed by atoms with Gasteiger partial charge in [0.05, 0.1) is 12.0 Å². The number of hydrogen-bond donors (Lipinski definition) is 3. The van der Waals surface area contributed by atoms with E-state index >= 15 is 0 Å². The highest BCUT2D eigenvalue weighted by molar-refractivity contribution is 5.66. The van der Waals surface area contributed by atoms with Gasteiger partial charge in [0.15, 0.2) is 0 Å². The second-order valence-electron chi connectivity index (χ2n) is 7.35. The van der Waals surface area contributed by atoms with Gasteiger partial charge >= 0.3 is 5.97 Å². The van der Waals surface area contributed by atoms with Crippen LogP contribution in [0, 0.1) is 29.6 Å². The number of carboxylic acid groups (broad SMARTS) is 1. The van der Waals surface area contributed by atoms with Gasteiger partial charge in [-0.15, -0.1) is 0 Å². The number of benzene rings is 1. The van der Waals surface area contributed by atoms with Crippen molar-refractivity contribution >= 4 is 5.97 Å². The molecule has 1 aromatic carbocycles. The lowest BCUT2D eigenvalue weighted by Crippen LogP contribution is -2.44. The summed E-state index contributed by atoms with van der Waals surface area (Å²) in [7, 11) is 0. The summed E-state index contributed by atoms with van der Waals surface area (Å²) in [5.41, 5.74) is 2.36. The maximum absolute atomic E-state index is 10.6. The molecule has 138 valence electrons. The number of fused-ring (bicyclic) bond motifs is 1. The van der Waals surface area contributed by atoms with Crippen molar-refractivity contribution in [2.45, 2.75) is 50.7 Å². The van der Waals surface area contributed by atoms with Gasteiger partial charge in [-0.25, -0.2) is 0 Å². The molecule has 0 radical (unpaired) electrons. The lowest BCUT2D eigenvalue weighted by molar-refractivity contribution is -0.136. The van der Waals surface area contributed by atoms with Gasteiger partial charge in [-0.3, -0.25) is 4.79 Å². The summed E-state index contributed by atoms with van der Waals surface area (Å²) in [6, 6.07) is 9.76. The Hall–Kier alpha value is -2.09. The molecule has 1 aromatic rings. The summed E-state index contributed by atoms with van der Waals surface area (Å²) in [6.07, 6.45) is 4.66. The monoisotopic (exact) mass is 354 g/mol. The number of hydrogen-bond acceptors (Lipinski definition) is 3. The Bertz CT molecular complexity index is 713. The number of aliphatic hydroxyl groups is 2. The summed E-state index contributed by atoms with van der Waals surface area (Å²) in [5.74, 6) is 5.95. The van der Waals surface area contributed by atoms with E-state index in [4.69, 9.17) is 5.11 Å². The molecule has 0 aromatic heterocycles. The molecule has 0 spiro atoms.